The van der Waals surface area contributed by atoms with Crippen molar-refractivity contribution in [2.75, 3.05) is 24.5 Å². The molecule has 20 heavy (non-hydrogen) atoms. The van der Waals surface area contributed by atoms with Crippen molar-refractivity contribution in [3.63, 3.8) is 0 Å². The first-order chi connectivity index (χ1) is 9.92. The van der Waals surface area contributed by atoms with Crippen LogP contribution in [0.2, 0.25) is 0 Å². The van der Waals surface area contributed by atoms with Crippen molar-refractivity contribution in [3.05, 3.63) is 29.3 Å². The summed E-state index contributed by atoms with van der Waals surface area (Å²) in [7, 11) is 0. The summed E-state index contributed by atoms with van der Waals surface area (Å²) in [5, 5.41) is 3.60. The average molecular weight is 270 g/mol. The average Bonchev–Trinajstić information content (AvgIpc) is 2.68. The highest BCUT2D eigenvalue weighted by Crippen LogP contribution is 2.37. The zero-order chi connectivity index (χ0) is 13.4. The van der Waals surface area contributed by atoms with E-state index in [4.69, 9.17) is 0 Å². The molecule has 3 aliphatic rings. The van der Waals surface area contributed by atoms with Gasteiger partial charge in [0.25, 0.3) is 0 Å². The van der Waals surface area contributed by atoms with Gasteiger partial charge in [-0.3, -0.25) is 0 Å². The van der Waals surface area contributed by atoms with E-state index in [1.54, 1.807) is 16.8 Å². The van der Waals surface area contributed by atoms with Crippen LogP contribution in [-0.2, 0) is 12.8 Å². The molecule has 1 atom stereocenters. The molecule has 0 bridgehead atoms. The number of fused-ring (bicyclic) bond motifs is 3. The normalized spacial score (nSPS) is 26.4. The van der Waals surface area contributed by atoms with Gasteiger partial charge in [0.05, 0.1) is 0 Å². The Hall–Kier alpha value is -1.02. The van der Waals surface area contributed by atoms with Gasteiger partial charge in [0.1, 0.15) is 0 Å². The van der Waals surface area contributed by atoms with Crippen LogP contribution in [0.15, 0.2) is 18.2 Å². The molecule has 2 heteroatoms. The number of rotatable bonds is 2. The summed E-state index contributed by atoms with van der Waals surface area (Å²) in [6, 6.07) is 7.79. The van der Waals surface area contributed by atoms with Gasteiger partial charge in [-0.1, -0.05) is 31.4 Å². The summed E-state index contributed by atoms with van der Waals surface area (Å²) >= 11 is 0. The Kier molecular flexibility index (Phi) is 3.43. The second-order valence-corrected chi connectivity index (χ2v) is 6.86. The Labute approximate surface area is 122 Å². The molecule has 0 radical (unpaired) electrons. The maximum atomic E-state index is 3.60. The van der Waals surface area contributed by atoms with E-state index in [2.05, 4.69) is 28.4 Å². The van der Waals surface area contributed by atoms with Gasteiger partial charge in [0, 0.05) is 24.8 Å². The first kappa shape index (κ1) is 12.7. The Balaban J connectivity index is 1.63. The lowest BCUT2D eigenvalue weighted by atomic mass is 9.79. The van der Waals surface area contributed by atoms with Crippen LogP contribution in [0.1, 0.15) is 43.2 Å². The quantitative estimate of drug-likeness (QED) is 0.888. The van der Waals surface area contributed by atoms with Gasteiger partial charge < -0.3 is 10.2 Å². The minimum absolute atomic E-state index is 0.726. The van der Waals surface area contributed by atoms with Crippen LogP contribution in [0.25, 0.3) is 0 Å². The second-order valence-electron chi connectivity index (χ2n) is 6.86. The van der Waals surface area contributed by atoms with Crippen molar-refractivity contribution in [1.29, 1.82) is 0 Å². The fourth-order valence-electron chi connectivity index (χ4n) is 4.20. The van der Waals surface area contributed by atoms with E-state index in [-0.39, 0.29) is 0 Å². The fourth-order valence-corrected chi connectivity index (χ4v) is 4.20. The zero-order valence-electron chi connectivity index (χ0n) is 12.4. The Morgan fingerprint density at radius 3 is 2.95 bits per heavy atom. The lowest BCUT2D eigenvalue weighted by Crippen LogP contribution is -2.43. The minimum Gasteiger partial charge on any atom is -0.367 e. The largest absolute Gasteiger partial charge is 0.367 e. The van der Waals surface area contributed by atoms with E-state index in [1.165, 1.54) is 64.6 Å². The van der Waals surface area contributed by atoms with Crippen molar-refractivity contribution >= 4 is 5.69 Å². The molecule has 0 aromatic heterocycles. The van der Waals surface area contributed by atoms with Gasteiger partial charge in [0.2, 0.25) is 0 Å². The molecule has 1 saturated heterocycles. The third kappa shape index (κ3) is 2.24. The Morgan fingerprint density at radius 1 is 1.15 bits per heavy atom. The summed E-state index contributed by atoms with van der Waals surface area (Å²) in [6.07, 6.45) is 9.62. The zero-order valence-corrected chi connectivity index (χ0v) is 12.4. The molecule has 2 heterocycles. The standard InChI is InChI=1S/C18H26N2/c1-4-14(5-1)12-15-6-2-7-18-17(15)9-8-16-13-19-10-3-11-20(16)18/h2,6-7,14,16,19H,1,3-5,8-13H2. The van der Waals surface area contributed by atoms with Crippen LogP contribution >= 0.6 is 0 Å². The molecule has 1 aromatic rings. The summed E-state index contributed by atoms with van der Waals surface area (Å²) in [4.78, 5) is 2.70. The van der Waals surface area contributed by atoms with Gasteiger partial charge in [-0.15, -0.1) is 0 Å². The van der Waals surface area contributed by atoms with Crippen LogP contribution < -0.4 is 10.2 Å². The van der Waals surface area contributed by atoms with Crippen molar-refractivity contribution in [1.82, 2.24) is 5.32 Å². The lowest BCUT2D eigenvalue weighted by molar-refractivity contribution is 0.313. The summed E-state index contributed by atoms with van der Waals surface area (Å²) in [6.45, 7) is 3.59. The van der Waals surface area contributed by atoms with Crippen LogP contribution in [0.5, 0.6) is 0 Å². The highest BCUT2D eigenvalue weighted by atomic mass is 15.2. The number of hydrogen-bond acceptors (Lipinski definition) is 2. The molecule has 0 spiro atoms. The van der Waals surface area contributed by atoms with Crippen molar-refractivity contribution in [3.8, 4) is 0 Å². The predicted molar refractivity (Wildman–Crippen MR) is 84.4 cm³/mol. The highest BCUT2D eigenvalue weighted by molar-refractivity contribution is 5.60. The molecule has 2 nitrogen and oxygen atoms in total. The third-order valence-corrected chi connectivity index (χ3v) is 5.59. The van der Waals surface area contributed by atoms with Crippen molar-refractivity contribution in [2.24, 2.45) is 5.92 Å². The molecular weight excluding hydrogens is 244 g/mol. The number of nitrogens with one attached hydrogen (secondary N) is 1. The number of hydrogen-bond donors (Lipinski definition) is 1. The van der Waals surface area contributed by atoms with E-state index in [9.17, 15) is 0 Å². The van der Waals surface area contributed by atoms with Gasteiger partial charge in [-0.05, 0) is 55.3 Å². The van der Waals surface area contributed by atoms with Crippen LogP contribution in [0, 0.1) is 5.92 Å². The van der Waals surface area contributed by atoms with Gasteiger partial charge in [0.15, 0.2) is 0 Å². The predicted octanol–water partition coefficient (Wildman–Crippen LogP) is 3.14. The molecule has 4 rings (SSSR count). The third-order valence-electron chi connectivity index (χ3n) is 5.59. The fraction of sp³-hybridized carbons (Fsp3) is 0.667. The maximum Gasteiger partial charge on any atom is 0.0417 e. The molecule has 1 saturated carbocycles. The topological polar surface area (TPSA) is 15.3 Å². The molecule has 2 aliphatic heterocycles. The number of anilines is 1. The second kappa shape index (κ2) is 5.40. The smallest absolute Gasteiger partial charge is 0.0417 e. The van der Waals surface area contributed by atoms with Gasteiger partial charge >= 0.3 is 0 Å². The van der Waals surface area contributed by atoms with E-state index in [0.717, 1.165) is 12.0 Å². The van der Waals surface area contributed by atoms with Crippen LogP contribution in [-0.4, -0.2) is 25.7 Å². The summed E-state index contributed by atoms with van der Waals surface area (Å²) < 4.78 is 0. The van der Waals surface area contributed by atoms with E-state index in [1.807, 2.05) is 0 Å². The van der Waals surface area contributed by atoms with Crippen molar-refractivity contribution < 1.29 is 0 Å². The van der Waals surface area contributed by atoms with Gasteiger partial charge in [-0.25, -0.2) is 0 Å². The molecule has 0 amide bonds. The SMILES string of the molecule is c1cc(CC2CCC2)c2c(c1)N1CCCNCC1CC2. The molecule has 1 unspecified atom stereocenters. The number of nitrogens with zero attached hydrogens (tertiary/aromatic N) is 1. The van der Waals surface area contributed by atoms with Crippen molar-refractivity contribution in [2.45, 2.75) is 51.0 Å². The molecule has 108 valence electrons. The van der Waals surface area contributed by atoms with Crippen LogP contribution in [0.3, 0.4) is 0 Å². The highest BCUT2D eigenvalue weighted by Gasteiger charge is 2.29. The van der Waals surface area contributed by atoms with Gasteiger partial charge in [-0.2, -0.15) is 0 Å². The number of benzene rings is 1. The Bertz CT molecular complexity index is 478. The summed E-state index contributed by atoms with van der Waals surface area (Å²) in [5.74, 6) is 0.977. The van der Waals surface area contributed by atoms with E-state index >= 15 is 0 Å². The molecular formula is C18H26N2. The first-order valence-electron chi connectivity index (χ1n) is 8.50. The molecule has 1 N–H and O–H groups in total. The molecule has 1 aromatic carbocycles. The monoisotopic (exact) mass is 270 g/mol. The lowest BCUT2D eigenvalue weighted by Gasteiger charge is -2.39. The van der Waals surface area contributed by atoms with E-state index < -0.39 is 0 Å². The molecule has 1 aliphatic carbocycles. The van der Waals surface area contributed by atoms with Crippen LogP contribution in [0.4, 0.5) is 5.69 Å². The minimum atomic E-state index is 0.726. The summed E-state index contributed by atoms with van der Waals surface area (Å²) in [5.41, 5.74) is 4.89. The first-order valence-corrected chi connectivity index (χ1v) is 8.50. The Morgan fingerprint density at radius 2 is 2.10 bits per heavy atom. The molecule has 2 fully saturated rings. The maximum absolute atomic E-state index is 3.60. The van der Waals surface area contributed by atoms with E-state index in [0.29, 0.717) is 0 Å².